The number of carbonyl (C=O) groups excluding carboxylic acids is 1. The summed E-state index contributed by atoms with van der Waals surface area (Å²) in [5, 5.41) is 3.11. The number of likely N-dealkylation sites (tertiary alicyclic amines) is 1. The van der Waals surface area contributed by atoms with Gasteiger partial charge in [0.2, 0.25) is 5.91 Å². The third-order valence-corrected chi connectivity index (χ3v) is 5.17. The molecule has 3 rings (SSSR count). The second-order valence-corrected chi connectivity index (χ2v) is 6.94. The number of nitrogens with one attached hydrogen (secondary N) is 1. The van der Waals surface area contributed by atoms with E-state index in [1.807, 2.05) is 43.3 Å². The highest BCUT2D eigenvalue weighted by Gasteiger charge is 2.28. The first kappa shape index (κ1) is 19.2. The normalized spacial score (nSPS) is 18.1. The zero-order valence-corrected chi connectivity index (χ0v) is 16.3. The molecule has 0 spiro atoms. The van der Waals surface area contributed by atoms with Crippen LogP contribution >= 0.6 is 0 Å². The highest BCUT2D eigenvalue weighted by Crippen LogP contribution is 2.33. The number of nitrogens with zero attached hydrogens (tertiary/aromatic N) is 1. The smallest absolute Gasteiger partial charge is 0.234 e. The summed E-state index contributed by atoms with van der Waals surface area (Å²) >= 11 is 0. The highest BCUT2D eigenvalue weighted by molar-refractivity contribution is 5.78. The Morgan fingerprint density at radius 3 is 2.78 bits per heavy atom. The van der Waals surface area contributed by atoms with Crippen LogP contribution in [0.3, 0.4) is 0 Å². The van der Waals surface area contributed by atoms with Crippen molar-refractivity contribution in [3.05, 3.63) is 59.7 Å². The van der Waals surface area contributed by atoms with Crippen LogP contribution in [0, 0.1) is 0 Å². The second-order valence-electron chi connectivity index (χ2n) is 6.94. The Morgan fingerprint density at radius 1 is 1.19 bits per heavy atom. The predicted molar refractivity (Wildman–Crippen MR) is 106 cm³/mol. The standard InChI is InChI=1S/C22H28N2O3/c1-16(19-10-4-5-12-21(19)27-3)23-22(25)15-24-13-7-11-20(24)17-8-6-9-18(14-17)26-2/h4-6,8-10,12,14,16,20H,7,11,13,15H2,1-3H3,(H,23,25). The molecule has 2 aromatic rings. The van der Waals surface area contributed by atoms with Crippen LogP contribution in [-0.4, -0.2) is 38.1 Å². The van der Waals surface area contributed by atoms with E-state index in [0.29, 0.717) is 6.54 Å². The third kappa shape index (κ3) is 4.61. The Kier molecular flexibility index (Phi) is 6.35. The van der Waals surface area contributed by atoms with Crippen molar-refractivity contribution in [3.63, 3.8) is 0 Å². The van der Waals surface area contributed by atoms with Crippen LogP contribution < -0.4 is 14.8 Å². The van der Waals surface area contributed by atoms with Gasteiger partial charge in [0, 0.05) is 11.6 Å². The van der Waals surface area contributed by atoms with Gasteiger partial charge in [0.05, 0.1) is 26.8 Å². The van der Waals surface area contributed by atoms with Crippen LogP contribution in [0.15, 0.2) is 48.5 Å². The minimum absolute atomic E-state index is 0.0307. The lowest BCUT2D eigenvalue weighted by Crippen LogP contribution is -2.38. The summed E-state index contributed by atoms with van der Waals surface area (Å²) in [6, 6.07) is 16.1. The quantitative estimate of drug-likeness (QED) is 0.809. The molecule has 1 aliphatic rings. The van der Waals surface area contributed by atoms with Gasteiger partial charge in [0.25, 0.3) is 0 Å². The molecule has 1 heterocycles. The van der Waals surface area contributed by atoms with E-state index in [1.165, 1.54) is 5.56 Å². The van der Waals surface area contributed by atoms with Crippen molar-refractivity contribution >= 4 is 5.91 Å². The lowest BCUT2D eigenvalue weighted by atomic mass is 10.0. The van der Waals surface area contributed by atoms with Crippen LogP contribution in [0.4, 0.5) is 0 Å². The van der Waals surface area contributed by atoms with E-state index >= 15 is 0 Å². The van der Waals surface area contributed by atoms with E-state index in [1.54, 1.807) is 14.2 Å². The Labute approximate surface area is 161 Å². The van der Waals surface area contributed by atoms with Crippen LogP contribution in [0.1, 0.15) is 43.0 Å². The second kappa shape index (κ2) is 8.91. The number of para-hydroxylation sites is 1. The van der Waals surface area contributed by atoms with Crippen molar-refractivity contribution in [3.8, 4) is 11.5 Å². The molecular formula is C22H28N2O3. The first-order valence-electron chi connectivity index (χ1n) is 9.42. The fourth-order valence-corrected chi connectivity index (χ4v) is 3.82. The van der Waals surface area contributed by atoms with E-state index < -0.39 is 0 Å². The molecule has 2 atom stereocenters. The molecule has 5 heteroatoms. The number of ether oxygens (including phenoxy) is 2. The van der Waals surface area contributed by atoms with E-state index in [-0.39, 0.29) is 18.0 Å². The molecule has 0 bridgehead atoms. The lowest BCUT2D eigenvalue weighted by Gasteiger charge is -2.25. The van der Waals surface area contributed by atoms with Crippen molar-refractivity contribution < 1.29 is 14.3 Å². The van der Waals surface area contributed by atoms with Crippen LogP contribution in [-0.2, 0) is 4.79 Å². The zero-order chi connectivity index (χ0) is 19.2. The van der Waals surface area contributed by atoms with Crippen molar-refractivity contribution in [2.24, 2.45) is 0 Å². The van der Waals surface area contributed by atoms with Gasteiger partial charge in [-0.15, -0.1) is 0 Å². The molecule has 0 radical (unpaired) electrons. The van der Waals surface area contributed by atoms with Crippen LogP contribution in [0.2, 0.25) is 0 Å². The van der Waals surface area contributed by atoms with Gasteiger partial charge in [-0.2, -0.15) is 0 Å². The Hall–Kier alpha value is -2.53. The predicted octanol–water partition coefficient (Wildman–Crippen LogP) is 3.72. The third-order valence-electron chi connectivity index (χ3n) is 5.17. The van der Waals surface area contributed by atoms with Crippen molar-refractivity contribution in [2.45, 2.75) is 31.8 Å². The number of amides is 1. The van der Waals surface area contributed by atoms with Gasteiger partial charge in [0.15, 0.2) is 0 Å². The Bertz CT molecular complexity index is 778. The van der Waals surface area contributed by atoms with Crippen molar-refractivity contribution in [1.82, 2.24) is 10.2 Å². The summed E-state index contributed by atoms with van der Waals surface area (Å²) < 4.78 is 10.7. The molecule has 1 N–H and O–H groups in total. The monoisotopic (exact) mass is 368 g/mol. The van der Waals surface area contributed by atoms with Gasteiger partial charge >= 0.3 is 0 Å². The molecule has 1 aliphatic heterocycles. The zero-order valence-electron chi connectivity index (χ0n) is 16.3. The maximum Gasteiger partial charge on any atom is 0.234 e. The van der Waals surface area contributed by atoms with Gasteiger partial charge < -0.3 is 14.8 Å². The van der Waals surface area contributed by atoms with E-state index in [0.717, 1.165) is 36.4 Å². The van der Waals surface area contributed by atoms with Gasteiger partial charge in [-0.3, -0.25) is 9.69 Å². The summed E-state index contributed by atoms with van der Waals surface area (Å²) in [6.07, 6.45) is 2.15. The molecule has 0 saturated carbocycles. The van der Waals surface area contributed by atoms with E-state index in [4.69, 9.17) is 9.47 Å². The minimum Gasteiger partial charge on any atom is -0.497 e. The maximum atomic E-state index is 12.7. The molecule has 0 aromatic heterocycles. The Balaban J connectivity index is 1.64. The fourth-order valence-electron chi connectivity index (χ4n) is 3.82. The number of carbonyl (C=O) groups is 1. The van der Waals surface area contributed by atoms with Gasteiger partial charge in [-0.1, -0.05) is 30.3 Å². The molecule has 2 aromatic carbocycles. The molecule has 1 fully saturated rings. The molecule has 144 valence electrons. The van der Waals surface area contributed by atoms with Crippen LogP contribution in [0.5, 0.6) is 11.5 Å². The summed E-state index contributed by atoms with van der Waals surface area (Å²) in [5.74, 6) is 1.68. The largest absolute Gasteiger partial charge is 0.497 e. The summed E-state index contributed by atoms with van der Waals surface area (Å²) in [6.45, 7) is 3.30. The van der Waals surface area contributed by atoms with Crippen molar-refractivity contribution in [1.29, 1.82) is 0 Å². The molecular weight excluding hydrogens is 340 g/mol. The summed E-state index contributed by atoms with van der Waals surface area (Å²) in [7, 11) is 3.33. The number of rotatable bonds is 7. The van der Waals surface area contributed by atoms with E-state index in [2.05, 4.69) is 22.3 Å². The number of hydrogen-bond donors (Lipinski definition) is 1. The number of benzene rings is 2. The molecule has 1 amide bonds. The minimum atomic E-state index is -0.105. The average Bonchev–Trinajstić information content (AvgIpc) is 3.15. The molecule has 1 saturated heterocycles. The molecule has 0 aliphatic carbocycles. The summed E-state index contributed by atoms with van der Waals surface area (Å²) in [5.41, 5.74) is 2.19. The Morgan fingerprint density at radius 2 is 2.00 bits per heavy atom. The molecule has 27 heavy (non-hydrogen) atoms. The van der Waals surface area contributed by atoms with Gasteiger partial charge in [-0.25, -0.2) is 0 Å². The SMILES string of the molecule is COc1cccc(C2CCCN2CC(=O)NC(C)c2ccccc2OC)c1. The highest BCUT2D eigenvalue weighted by atomic mass is 16.5. The lowest BCUT2D eigenvalue weighted by molar-refractivity contribution is -0.123. The van der Waals surface area contributed by atoms with Gasteiger partial charge in [-0.05, 0) is 50.1 Å². The number of methoxy groups -OCH3 is 2. The molecule has 2 unspecified atom stereocenters. The number of hydrogen-bond acceptors (Lipinski definition) is 4. The summed E-state index contributed by atoms with van der Waals surface area (Å²) in [4.78, 5) is 14.9. The van der Waals surface area contributed by atoms with Crippen LogP contribution in [0.25, 0.3) is 0 Å². The first-order valence-corrected chi connectivity index (χ1v) is 9.42. The average molecular weight is 368 g/mol. The van der Waals surface area contributed by atoms with E-state index in [9.17, 15) is 4.79 Å². The maximum absolute atomic E-state index is 12.7. The fraction of sp³-hybridized carbons (Fsp3) is 0.409. The topological polar surface area (TPSA) is 50.8 Å². The van der Waals surface area contributed by atoms with Gasteiger partial charge in [0.1, 0.15) is 11.5 Å². The molecule has 5 nitrogen and oxygen atoms in total. The first-order chi connectivity index (χ1) is 13.1. The van der Waals surface area contributed by atoms with Crippen molar-refractivity contribution in [2.75, 3.05) is 27.3 Å².